The summed E-state index contributed by atoms with van der Waals surface area (Å²) in [6, 6.07) is 20.0. The molecule has 0 atom stereocenters. The molecule has 0 radical (unpaired) electrons. The molecule has 36 heavy (non-hydrogen) atoms. The first-order valence-corrected chi connectivity index (χ1v) is 13.7. The van der Waals surface area contributed by atoms with Crippen LogP contribution in [0.3, 0.4) is 0 Å². The van der Waals surface area contributed by atoms with Gasteiger partial charge in [-0.2, -0.15) is 0 Å². The van der Waals surface area contributed by atoms with Crippen LogP contribution in [0.5, 0.6) is 5.75 Å². The third-order valence-electron chi connectivity index (χ3n) is 5.98. The second kappa shape index (κ2) is 11.2. The molecule has 7 nitrogen and oxygen atoms in total. The van der Waals surface area contributed by atoms with E-state index in [1.54, 1.807) is 65.6 Å². The van der Waals surface area contributed by atoms with Crippen molar-refractivity contribution in [3.8, 4) is 5.75 Å². The maximum absolute atomic E-state index is 13.1. The molecule has 10 heteroatoms. The van der Waals surface area contributed by atoms with Gasteiger partial charge >= 0.3 is 0 Å². The number of hydrogen-bond acceptors (Lipinski definition) is 5. The number of rotatable bonds is 8. The van der Waals surface area contributed by atoms with E-state index >= 15 is 0 Å². The van der Waals surface area contributed by atoms with Gasteiger partial charge in [-0.15, -0.1) is 0 Å². The summed E-state index contributed by atoms with van der Waals surface area (Å²) in [4.78, 5) is 16.5. The quantitative estimate of drug-likeness (QED) is 0.436. The number of nitrogens with zero attached hydrogens (tertiary/aromatic N) is 3. The molecule has 1 amide bonds. The largest absolute Gasteiger partial charge is 0.484 e. The van der Waals surface area contributed by atoms with Gasteiger partial charge in [-0.25, -0.2) is 12.8 Å². The molecule has 0 unspecified atom stereocenters. The van der Waals surface area contributed by atoms with E-state index < -0.39 is 10.0 Å². The van der Waals surface area contributed by atoms with Crippen LogP contribution in [0.2, 0.25) is 5.02 Å². The fraction of sp³-hybridized carbons (Fsp3) is 0.269. The molecule has 1 aliphatic heterocycles. The standard InChI is InChI=1S/C26H27ClFN3O4S/c1-36(33,34)31(18-20-4-2-3-5-25(20)27)23-10-12-24(13-11-23)35-19-26(32)30-16-14-29(15-17-30)22-8-6-21(28)7-9-22/h2-13H,14-19H2,1H3. The fourth-order valence-corrected chi connectivity index (χ4v) is 5.07. The van der Waals surface area contributed by atoms with Gasteiger partial charge in [0.15, 0.2) is 6.61 Å². The van der Waals surface area contributed by atoms with Crippen molar-refractivity contribution in [3.05, 3.63) is 89.2 Å². The van der Waals surface area contributed by atoms with E-state index in [0.717, 1.165) is 11.9 Å². The van der Waals surface area contributed by atoms with E-state index in [9.17, 15) is 17.6 Å². The Kier molecular flexibility index (Phi) is 8.01. The zero-order chi connectivity index (χ0) is 25.7. The second-order valence-corrected chi connectivity index (χ2v) is 10.8. The number of amides is 1. The highest BCUT2D eigenvalue weighted by Gasteiger charge is 2.22. The summed E-state index contributed by atoms with van der Waals surface area (Å²) in [6.45, 7) is 2.37. The van der Waals surface area contributed by atoms with E-state index in [4.69, 9.17) is 16.3 Å². The Bertz CT molecular complexity index is 1300. The lowest BCUT2D eigenvalue weighted by molar-refractivity contribution is -0.133. The first kappa shape index (κ1) is 25.8. The Hall–Kier alpha value is -3.30. The minimum absolute atomic E-state index is 0.0983. The molecule has 0 spiro atoms. The highest BCUT2D eigenvalue weighted by molar-refractivity contribution is 7.92. The molecule has 0 aliphatic carbocycles. The number of ether oxygens (including phenoxy) is 1. The molecule has 4 rings (SSSR count). The molecule has 1 fully saturated rings. The number of sulfonamides is 1. The number of hydrogen-bond donors (Lipinski definition) is 0. The molecule has 190 valence electrons. The van der Waals surface area contributed by atoms with E-state index in [1.165, 1.54) is 16.4 Å². The summed E-state index contributed by atoms with van der Waals surface area (Å²) in [5, 5.41) is 0.489. The van der Waals surface area contributed by atoms with Crippen LogP contribution in [-0.2, 0) is 21.4 Å². The predicted octanol–water partition coefficient (Wildman–Crippen LogP) is 4.17. The third-order valence-corrected chi connectivity index (χ3v) is 7.49. The van der Waals surface area contributed by atoms with Gasteiger partial charge in [0, 0.05) is 36.9 Å². The van der Waals surface area contributed by atoms with Gasteiger partial charge in [0.1, 0.15) is 11.6 Å². The second-order valence-electron chi connectivity index (χ2n) is 8.49. The average molecular weight is 532 g/mol. The average Bonchev–Trinajstić information content (AvgIpc) is 2.87. The van der Waals surface area contributed by atoms with Gasteiger partial charge in [-0.1, -0.05) is 29.8 Å². The Morgan fingerprint density at radius 2 is 1.61 bits per heavy atom. The van der Waals surface area contributed by atoms with Crippen molar-refractivity contribution in [3.63, 3.8) is 0 Å². The molecule has 1 aliphatic rings. The Balaban J connectivity index is 1.32. The summed E-state index contributed by atoms with van der Waals surface area (Å²) < 4.78 is 44.9. The van der Waals surface area contributed by atoms with Crippen LogP contribution in [0, 0.1) is 5.82 Å². The third kappa shape index (κ3) is 6.47. The number of anilines is 2. The molecule has 0 aromatic heterocycles. The first-order chi connectivity index (χ1) is 17.2. The normalized spacial score (nSPS) is 14.0. The van der Waals surface area contributed by atoms with Gasteiger partial charge in [0.05, 0.1) is 18.5 Å². The van der Waals surface area contributed by atoms with Crippen molar-refractivity contribution in [2.45, 2.75) is 6.54 Å². The molecular weight excluding hydrogens is 505 g/mol. The maximum Gasteiger partial charge on any atom is 0.260 e. The zero-order valence-electron chi connectivity index (χ0n) is 19.8. The molecule has 1 heterocycles. The SMILES string of the molecule is CS(=O)(=O)N(Cc1ccccc1Cl)c1ccc(OCC(=O)N2CCN(c3ccc(F)cc3)CC2)cc1. The van der Waals surface area contributed by atoms with E-state index in [2.05, 4.69) is 4.90 Å². The summed E-state index contributed by atoms with van der Waals surface area (Å²) >= 11 is 6.22. The monoisotopic (exact) mass is 531 g/mol. The number of carbonyl (C=O) groups is 1. The number of halogens is 2. The smallest absolute Gasteiger partial charge is 0.260 e. The topological polar surface area (TPSA) is 70.2 Å². The Labute approximate surface area is 215 Å². The summed E-state index contributed by atoms with van der Waals surface area (Å²) in [5.41, 5.74) is 2.08. The molecular formula is C26H27ClFN3O4S. The van der Waals surface area contributed by atoms with Crippen molar-refractivity contribution in [2.24, 2.45) is 0 Å². The molecule has 3 aromatic rings. The van der Waals surface area contributed by atoms with Crippen LogP contribution < -0.4 is 13.9 Å². The first-order valence-electron chi connectivity index (χ1n) is 11.4. The lowest BCUT2D eigenvalue weighted by Gasteiger charge is -2.36. The summed E-state index contributed by atoms with van der Waals surface area (Å²) in [7, 11) is -3.56. The van der Waals surface area contributed by atoms with Crippen molar-refractivity contribution in [1.82, 2.24) is 4.90 Å². The van der Waals surface area contributed by atoms with Gasteiger partial charge in [-0.05, 0) is 60.2 Å². The lowest BCUT2D eigenvalue weighted by Crippen LogP contribution is -2.50. The van der Waals surface area contributed by atoms with Crippen molar-refractivity contribution in [1.29, 1.82) is 0 Å². The fourth-order valence-electron chi connectivity index (χ4n) is 3.99. The van der Waals surface area contributed by atoms with Crippen LogP contribution in [0.1, 0.15) is 5.56 Å². The minimum atomic E-state index is -3.56. The van der Waals surface area contributed by atoms with E-state index in [0.29, 0.717) is 48.2 Å². The number of benzene rings is 3. The van der Waals surface area contributed by atoms with Gasteiger partial charge < -0.3 is 14.5 Å². The highest BCUT2D eigenvalue weighted by Crippen LogP contribution is 2.26. The van der Waals surface area contributed by atoms with E-state index in [1.807, 2.05) is 0 Å². The van der Waals surface area contributed by atoms with Crippen LogP contribution >= 0.6 is 11.6 Å². The van der Waals surface area contributed by atoms with Crippen molar-refractivity contribution >= 4 is 38.9 Å². The van der Waals surface area contributed by atoms with Crippen molar-refractivity contribution < 1.29 is 22.3 Å². The van der Waals surface area contributed by atoms with E-state index in [-0.39, 0.29) is 24.9 Å². The molecule has 0 saturated carbocycles. The Morgan fingerprint density at radius 1 is 0.972 bits per heavy atom. The minimum Gasteiger partial charge on any atom is -0.484 e. The van der Waals surface area contributed by atoms with Gasteiger partial charge in [0.25, 0.3) is 5.91 Å². The van der Waals surface area contributed by atoms with Crippen molar-refractivity contribution in [2.75, 3.05) is 48.2 Å². The lowest BCUT2D eigenvalue weighted by atomic mass is 10.2. The van der Waals surface area contributed by atoms with Gasteiger partial charge in [0.2, 0.25) is 10.0 Å². The number of carbonyl (C=O) groups excluding carboxylic acids is 1. The molecule has 3 aromatic carbocycles. The molecule has 0 bridgehead atoms. The predicted molar refractivity (Wildman–Crippen MR) is 140 cm³/mol. The Morgan fingerprint density at radius 3 is 2.22 bits per heavy atom. The zero-order valence-corrected chi connectivity index (χ0v) is 21.4. The molecule has 1 saturated heterocycles. The van der Waals surface area contributed by atoms with Gasteiger partial charge in [-0.3, -0.25) is 9.10 Å². The van der Waals surface area contributed by atoms with Crippen LogP contribution in [0.25, 0.3) is 0 Å². The van der Waals surface area contributed by atoms with Crippen LogP contribution in [0.15, 0.2) is 72.8 Å². The van der Waals surface area contributed by atoms with Crippen LogP contribution in [0.4, 0.5) is 15.8 Å². The highest BCUT2D eigenvalue weighted by atomic mass is 35.5. The molecule has 0 N–H and O–H groups in total. The summed E-state index contributed by atoms with van der Waals surface area (Å²) in [6.07, 6.45) is 1.14. The maximum atomic E-state index is 13.1. The van der Waals surface area contributed by atoms with Crippen LogP contribution in [-0.4, -0.2) is 58.3 Å². The number of piperazine rings is 1. The summed E-state index contributed by atoms with van der Waals surface area (Å²) in [5.74, 6) is 0.0555.